The fourth-order valence-electron chi connectivity index (χ4n) is 2.95. The SMILES string of the molecule is COc1ccc(CNC(=O)CN2CCCc3ccccc32)cc1. The van der Waals surface area contributed by atoms with Gasteiger partial charge in [-0.3, -0.25) is 4.79 Å². The Labute approximate surface area is 137 Å². The highest BCUT2D eigenvalue weighted by molar-refractivity contribution is 5.81. The van der Waals surface area contributed by atoms with Crippen LogP contribution >= 0.6 is 0 Å². The van der Waals surface area contributed by atoms with E-state index < -0.39 is 0 Å². The second-order valence-electron chi connectivity index (χ2n) is 5.78. The van der Waals surface area contributed by atoms with E-state index in [4.69, 9.17) is 4.74 Å². The second kappa shape index (κ2) is 7.18. The lowest BCUT2D eigenvalue weighted by Gasteiger charge is -2.30. The first-order chi connectivity index (χ1) is 11.3. The number of carbonyl (C=O) groups excluding carboxylic acids is 1. The van der Waals surface area contributed by atoms with Crippen molar-refractivity contribution in [2.75, 3.05) is 25.1 Å². The smallest absolute Gasteiger partial charge is 0.239 e. The molecule has 1 amide bonds. The molecule has 1 N–H and O–H groups in total. The van der Waals surface area contributed by atoms with Crippen molar-refractivity contribution in [1.82, 2.24) is 5.32 Å². The summed E-state index contributed by atoms with van der Waals surface area (Å²) < 4.78 is 5.13. The molecule has 0 radical (unpaired) electrons. The average molecular weight is 310 g/mol. The topological polar surface area (TPSA) is 41.6 Å². The van der Waals surface area contributed by atoms with Crippen LogP contribution in [0, 0.1) is 0 Å². The predicted molar refractivity (Wildman–Crippen MR) is 91.8 cm³/mol. The van der Waals surface area contributed by atoms with Crippen LogP contribution in [-0.4, -0.2) is 26.1 Å². The summed E-state index contributed by atoms with van der Waals surface area (Å²) >= 11 is 0. The van der Waals surface area contributed by atoms with Crippen molar-refractivity contribution in [3.63, 3.8) is 0 Å². The van der Waals surface area contributed by atoms with Crippen LogP contribution in [0.15, 0.2) is 48.5 Å². The van der Waals surface area contributed by atoms with Crippen LogP contribution in [0.4, 0.5) is 5.69 Å². The summed E-state index contributed by atoms with van der Waals surface area (Å²) in [6.07, 6.45) is 2.20. The van der Waals surface area contributed by atoms with E-state index in [9.17, 15) is 4.79 Å². The van der Waals surface area contributed by atoms with Gasteiger partial charge in [-0.25, -0.2) is 0 Å². The Hall–Kier alpha value is -2.49. The number of para-hydroxylation sites is 1. The van der Waals surface area contributed by atoms with Crippen molar-refractivity contribution < 1.29 is 9.53 Å². The number of hydrogen-bond donors (Lipinski definition) is 1. The molecule has 0 fully saturated rings. The van der Waals surface area contributed by atoms with Gasteiger partial charge in [-0.2, -0.15) is 0 Å². The molecule has 23 heavy (non-hydrogen) atoms. The largest absolute Gasteiger partial charge is 0.497 e. The number of rotatable bonds is 5. The van der Waals surface area contributed by atoms with Gasteiger partial charge < -0.3 is 15.0 Å². The molecular formula is C19H22N2O2. The van der Waals surface area contributed by atoms with Gasteiger partial charge in [-0.05, 0) is 42.2 Å². The summed E-state index contributed by atoms with van der Waals surface area (Å²) in [6.45, 7) is 1.89. The van der Waals surface area contributed by atoms with E-state index in [0.717, 1.165) is 30.7 Å². The zero-order chi connectivity index (χ0) is 16.1. The zero-order valence-electron chi connectivity index (χ0n) is 13.4. The number of benzene rings is 2. The van der Waals surface area contributed by atoms with Crippen LogP contribution in [0.3, 0.4) is 0 Å². The third kappa shape index (κ3) is 3.83. The number of carbonyl (C=O) groups is 1. The fourth-order valence-corrected chi connectivity index (χ4v) is 2.95. The van der Waals surface area contributed by atoms with Crippen LogP contribution < -0.4 is 15.0 Å². The average Bonchev–Trinajstić information content (AvgIpc) is 2.61. The summed E-state index contributed by atoms with van der Waals surface area (Å²) in [7, 11) is 1.65. The normalized spacial score (nSPS) is 13.3. The van der Waals surface area contributed by atoms with Crippen molar-refractivity contribution >= 4 is 11.6 Å². The maximum Gasteiger partial charge on any atom is 0.239 e. The third-order valence-electron chi connectivity index (χ3n) is 4.19. The molecule has 4 heteroatoms. The van der Waals surface area contributed by atoms with Crippen LogP contribution in [0.5, 0.6) is 5.75 Å². The van der Waals surface area contributed by atoms with E-state index in [1.165, 1.54) is 11.3 Å². The fraction of sp³-hybridized carbons (Fsp3) is 0.316. The van der Waals surface area contributed by atoms with Gasteiger partial charge >= 0.3 is 0 Å². The van der Waals surface area contributed by atoms with Crippen molar-refractivity contribution in [3.05, 3.63) is 59.7 Å². The number of aryl methyl sites for hydroxylation is 1. The molecule has 0 aliphatic carbocycles. The van der Waals surface area contributed by atoms with Gasteiger partial charge in [-0.1, -0.05) is 30.3 Å². The summed E-state index contributed by atoms with van der Waals surface area (Å²) in [4.78, 5) is 14.4. The van der Waals surface area contributed by atoms with Gasteiger partial charge in [0.1, 0.15) is 5.75 Å². The van der Waals surface area contributed by atoms with Crippen molar-refractivity contribution in [3.8, 4) is 5.75 Å². The molecule has 1 heterocycles. The van der Waals surface area contributed by atoms with E-state index in [2.05, 4.69) is 28.4 Å². The molecule has 0 bridgehead atoms. The third-order valence-corrected chi connectivity index (χ3v) is 4.19. The van der Waals surface area contributed by atoms with Crippen LogP contribution in [0.2, 0.25) is 0 Å². The molecule has 2 aromatic carbocycles. The van der Waals surface area contributed by atoms with Gasteiger partial charge in [0.25, 0.3) is 0 Å². The molecule has 120 valence electrons. The van der Waals surface area contributed by atoms with E-state index in [1.54, 1.807) is 7.11 Å². The summed E-state index contributed by atoms with van der Waals surface area (Å²) in [6, 6.07) is 16.1. The molecule has 0 spiro atoms. The summed E-state index contributed by atoms with van der Waals surface area (Å²) in [5, 5.41) is 2.99. The van der Waals surface area contributed by atoms with Crippen LogP contribution in [0.25, 0.3) is 0 Å². The summed E-state index contributed by atoms with van der Waals surface area (Å²) in [5.74, 6) is 0.877. The number of hydrogen-bond acceptors (Lipinski definition) is 3. The first-order valence-electron chi connectivity index (χ1n) is 7.99. The van der Waals surface area contributed by atoms with Gasteiger partial charge in [-0.15, -0.1) is 0 Å². The Balaban J connectivity index is 1.55. The van der Waals surface area contributed by atoms with Crippen molar-refractivity contribution in [2.45, 2.75) is 19.4 Å². The maximum absolute atomic E-state index is 12.2. The molecule has 1 aliphatic heterocycles. The highest BCUT2D eigenvalue weighted by atomic mass is 16.5. The molecule has 0 saturated carbocycles. The van der Waals surface area contributed by atoms with E-state index in [1.807, 2.05) is 30.3 Å². The molecule has 3 rings (SSSR count). The standard InChI is InChI=1S/C19H22N2O2/c1-23-17-10-8-15(9-11-17)13-20-19(22)14-21-12-4-6-16-5-2-3-7-18(16)21/h2-3,5,7-11H,4,6,12-14H2,1H3,(H,20,22). The van der Waals surface area contributed by atoms with E-state index >= 15 is 0 Å². The zero-order valence-corrected chi connectivity index (χ0v) is 13.4. The first-order valence-corrected chi connectivity index (χ1v) is 7.99. The molecule has 0 unspecified atom stereocenters. The molecular weight excluding hydrogens is 288 g/mol. The number of nitrogens with one attached hydrogen (secondary N) is 1. The van der Waals surface area contributed by atoms with Gasteiger partial charge in [0.05, 0.1) is 13.7 Å². The number of anilines is 1. The minimum Gasteiger partial charge on any atom is -0.497 e. The molecule has 2 aromatic rings. The Morgan fingerprint density at radius 2 is 1.96 bits per heavy atom. The minimum atomic E-state index is 0.0533. The first kappa shape index (κ1) is 15.4. The van der Waals surface area contributed by atoms with Crippen molar-refractivity contribution in [2.24, 2.45) is 0 Å². The van der Waals surface area contributed by atoms with Gasteiger partial charge in [0.15, 0.2) is 0 Å². The summed E-state index contributed by atoms with van der Waals surface area (Å²) in [5.41, 5.74) is 3.60. The van der Waals surface area contributed by atoms with Crippen LogP contribution in [-0.2, 0) is 17.8 Å². The lowest BCUT2D eigenvalue weighted by molar-refractivity contribution is -0.119. The number of ether oxygens (including phenoxy) is 1. The highest BCUT2D eigenvalue weighted by Gasteiger charge is 2.18. The quantitative estimate of drug-likeness (QED) is 0.923. The van der Waals surface area contributed by atoms with Gasteiger partial charge in [0.2, 0.25) is 5.91 Å². The lowest BCUT2D eigenvalue weighted by Crippen LogP contribution is -2.39. The van der Waals surface area contributed by atoms with Crippen LogP contribution in [0.1, 0.15) is 17.5 Å². The molecule has 1 aliphatic rings. The minimum absolute atomic E-state index is 0.0533. The predicted octanol–water partition coefficient (Wildman–Crippen LogP) is 2.76. The second-order valence-corrected chi connectivity index (χ2v) is 5.78. The van der Waals surface area contributed by atoms with E-state index in [0.29, 0.717) is 13.1 Å². The monoisotopic (exact) mass is 310 g/mol. The lowest BCUT2D eigenvalue weighted by atomic mass is 10.0. The van der Waals surface area contributed by atoms with Gasteiger partial charge in [0, 0.05) is 18.8 Å². The van der Waals surface area contributed by atoms with E-state index in [-0.39, 0.29) is 5.91 Å². The number of methoxy groups -OCH3 is 1. The Kier molecular flexibility index (Phi) is 4.81. The number of fused-ring (bicyclic) bond motifs is 1. The molecule has 0 saturated heterocycles. The Morgan fingerprint density at radius 1 is 1.17 bits per heavy atom. The molecule has 0 atom stereocenters. The highest BCUT2D eigenvalue weighted by Crippen LogP contribution is 2.26. The van der Waals surface area contributed by atoms with Crippen molar-refractivity contribution in [1.29, 1.82) is 0 Å². The number of nitrogens with zero attached hydrogens (tertiary/aromatic N) is 1. The molecule has 0 aromatic heterocycles. The molecule has 4 nitrogen and oxygen atoms in total. The number of amides is 1. The Bertz CT molecular complexity index is 667. The Morgan fingerprint density at radius 3 is 2.74 bits per heavy atom. The maximum atomic E-state index is 12.2.